The molecule has 3 nitrogen and oxygen atoms in total. The van der Waals surface area contributed by atoms with Gasteiger partial charge in [0.05, 0.1) is 11.1 Å². The van der Waals surface area contributed by atoms with Crippen LogP contribution in [0.3, 0.4) is 0 Å². The van der Waals surface area contributed by atoms with E-state index in [9.17, 15) is 0 Å². The van der Waals surface area contributed by atoms with Crippen molar-refractivity contribution in [3.05, 3.63) is 187 Å². The topological polar surface area (TPSA) is 29.5 Å². The molecule has 0 radical (unpaired) electrons. The highest BCUT2D eigenvalue weighted by molar-refractivity contribution is 6.15. The molecule has 0 fully saturated rings. The Kier molecular flexibility index (Phi) is 6.60. The first-order chi connectivity index (χ1) is 26.5. The Morgan fingerprint density at radius 3 is 1.94 bits per heavy atom. The third-order valence-corrected chi connectivity index (χ3v) is 11.5. The van der Waals surface area contributed by atoms with E-state index in [1.807, 2.05) is 12.1 Å². The molecule has 0 saturated heterocycles. The van der Waals surface area contributed by atoms with E-state index in [4.69, 9.17) is 8.83 Å². The normalized spacial score (nSPS) is 13.1. The summed E-state index contributed by atoms with van der Waals surface area (Å²) in [6.07, 6.45) is 0. The molecule has 0 unspecified atom stereocenters. The van der Waals surface area contributed by atoms with Gasteiger partial charge in [-0.25, -0.2) is 0 Å². The molecular weight excluding hydrogens is 659 g/mol. The van der Waals surface area contributed by atoms with Crippen molar-refractivity contribution in [1.82, 2.24) is 0 Å². The first-order valence-electron chi connectivity index (χ1n) is 18.6. The molecule has 1 aliphatic carbocycles. The van der Waals surface area contributed by atoms with E-state index in [1.54, 1.807) is 0 Å². The molecule has 256 valence electrons. The number of hydrogen-bond donors (Lipinski definition) is 0. The van der Waals surface area contributed by atoms with Crippen molar-refractivity contribution >= 4 is 60.9 Å². The maximum Gasteiger partial charge on any atom is 0.137 e. The molecule has 0 atom stereocenters. The van der Waals surface area contributed by atoms with Crippen LogP contribution < -0.4 is 4.90 Å². The summed E-state index contributed by atoms with van der Waals surface area (Å²) in [7, 11) is 0. The third kappa shape index (κ3) is 4.55. The van der Waals surface area contributed by atoms with Crippen molar-refractivity contribution in [2.45, 2.75) is 19.3 Å². The van der Waals surface area contributed by atoms with Crippen LogP contribution in [0.15, 0.2) is 185 Å². The average Bonchev–Trinajstić information content (AvgIpc) is 3.86. The molecule has 0 spiro atoms. The zero-order valence-electron chi connectivity index (χ0n) is 30.0. The van der Waals surface area contributed by atoms with Gasteiger partial charge in [0.15, 0.2) is 0 Å². The SMILES string of the molecule is CC1(C)c2ccccc2-c2c(-c3ccccc3)cc(N(c3ccc4c(c3)oc3ccccc34)c3cccc4oc5ccc(-c6ccccc6)cc5c34)cc21. The van der Waals surface area contributed by atoms with Gasteiger partial charge >= 0.3 is 0 Å². The van der Waals surface area contributed by atoms with Crippen molar-refractivity contribution in [3.63, 3.8) is 0 Å². The Morgan fingerprint density at radius 2 is 1.09 bits per heavy atom. The molecule has 0 aliphatic heterocycles. The van der Waals surface area contributed by atoms with Gasteiger partial charge in [0.2, 0.25) is 0 Å². The molecular formula is C51H35NO2. The summed E-state index contributed by atoms with van der Waals surface area (Å²) in [6.45, 7) is 4.72. The number of rotatable bonds is 5. The van der Waals surface area contributed by atoms with Gasteiger partial charge in [-0.3, -0.25) is 0 Å². The van der Waals surface area contributed by atoms with E-state index in [-0.39, 0.29) is 5.41 Å². The number of hydrogen-bond acceptors (Lipinski definition) is 3. The minimum Gasteiger partial charge on any atom is -0.456 e. The summed E-state index contributed by atoms with van der Waals surface area (Å²) in [6, 6.07) is 62.9. The van der Waals surface area contributed by atoms with Crippen molar-refractivity contribution in [2.75, 3.05) is 4.90 Å². The minimum atomic E-state index is -0.210. The highest BCUT2D eigenvalue weighted by Crippen LogP contribution is 2.55. The summed E-state index contributed by atoms with van der Waals surface area (Å²) in [4.78, 5) is 2.41. The van der Waals surface area contributed by atoms with Gasteiger partial charge in [0.1, 0.15) is 22.3 Å². The van der Waals surface area contributed by atoms with E-state index in [1.165, 1.54) is 38.9 Å². The van der Waals surface area contributed by atoms with Crippen LogP contribution in [0.5, 0.6) is 0 Å². The molecule has 11 rings (SSSR count). The van der Waals surface area contributed by atoms with Crippen LogP contribution in [0, 0.1) is 0 Å². The molecule has 3 heteroatoms. The molecule has 1 aliphatic rings. The number of fused-ring (bicyclic) bond motifs is 9. The predicted octanol–water partition coefficient (Wildman–Crippen LogP) is 14.6. The van der Waals surface area contributed by atoms with Crippen LogP contribution in [0.2, 0.25) is 0 Å². The zero-order valence-corrected chi connectivity index (χ0v) is 30.0. The fraction of sp³-hybridized carbons (Fsp3) is 0.0588. The maximum atomic E-state index is 6.61. The Balaban J connectivity index is 1.23. The van der Waals surface area contributed by atoms with Crippen molar-refractivity contribution in [3.8, 4) is 33.4 Å². The van der Waals surface area contributed by atoms with Crippen molar-refractivity contribution in [2.24, 2.45) is 0 Å². The Labute approximate surface area is 313 Å². The third-order valence-electron chi connectivity index (χ3n) is 11.5. The number of benzene rings is 8. The fourth-order valence-electron chi connectivity index (χ4n) is 8.86. The molecule has 54 heavy (non-hydrogen) atoms. The van der Waals surface area contributed by atoms with Crippen LogP contribution in [-0.2, 0) is 5.41 Å². The first-order valence-corrected chi connectivity index (χ1v) is 18.6. The number of anilines is 3. The van der Waals surface area contributed by atoms with Crippen LogP contribution >= 0.6 is 0 Å². The van der Waals surface area contributed by atoms with Crippen molar-refractivity contribution < 1.29 is 8.83 Å². The Bertz CT molecular complexity index is 3080. The summed E-state index contributed by atoms with van der Waals surface area (Å²) in [5.74, 6) is 0. The van der Waals surface area contributed by atoms with Gasteiger partial charge in [-0.2, -0.15) is 0 Å². The molecule has 2 heterocycles. The average molecular weight is 694 g/mol. The van der Waals surface area contributed by atoms with Crippen LogP contribution in [0.4, 0.5) is 17.1 Å². The van der Waals surface area contributed by atoms with Gasteiger partial charge in [0.25, 0.3) is 0 Å². The molecule has 0 bridgehead atoms. The van der Waals surface area contributed by atoms with Crippen molar-refractivity contribution in [1.29, 1.82) is 0 Å². The highest BCUT2D eigenvalue weighted by atomic mass is 16.3. The van der Waals surface area contributed by atoms with Gasteiger partial charge < -0.3 is 13.7 Å². The molecule has 2 aromatic heterocycles. The van der Waals surface area contributed by atoms with E-state index in [2.05, 4.69) is 183 Å². The molecule has 0 N–H and O–H groups in total. The van der Waals surface area contributed by atoms with Crippen LogP contribution in [0.1, 0.15) is 25.0 Å². The minimum absolute atomic E-state index is 0.210. The van der Waals surface area contributed by atoms with Gasteiger partial charge in [0, 0.05) is 39.0 Å². The molecule has 8 aromatic carbocycles. The smallest absolute Gasteiger partial charge is 0.137 e. The van der Waals surface area contributed by atoms with E-state index < -0.39 is 0 Å². The summed E-state index contributed by atoms with van der Waals surface area (Å²) < 4.78 is 13.1. The standard InChI is InChI=1S/C51H35NO2/c1-51(2)42-20-11-9-19-39(42)49-40(33-16-7-4-8-17-33)29-36(30-43(49)51)52(35-25-26-38-37-18-10-12-22-45(37)54-48(38)31-35)44-21-13-23-47-50(44)41-28-34(24-27-46(41)53-47)32-14-5-3-6-15-32/h3-31H,1-2H3. The summed E-state index contributed by atoms with van der Waals surface area (Å²) >= 11 is 0. The number of para-hydroxylation sites is 1. The monoisotopic (exact) mass is 693 g/mol. The van der Waals surface area contributed by atoms with E-state index >= 15 is 0 Å². The first kappa shape index (κ1) is 30.8. The zero-order chi connectivity index (χ0) is 36.0. The maximum absolute atomic E-state index is 6.61. The fourth-order valence-corrected chi connectivity index (χ4v) is 8.86. The van der Waals surface area contributed by atoms with Crippen LogP contribution in [-0.4, -0.2) is 0 Å². The largest absolute Gasteiger partial charge is 0.456 e. The lowest BCUT2D eigenvalue weighted by Crippen LogP contribution is -2.17. The number of nitrogens with zero attached hydrogens (tertiary/aromatic N) is 1. The van der Waals surface area contributed by atoms with E-state index in [0.29, 0.717) is 0 Å². The summed E-state index contributed by atoms with van der Waals surface area (Å²) in [5.41, 5.74) is 16.4. The van der Waals surface area contributed by atoms with Gasteiger partial charge in [-0.15, -0.1) is 0 Å². The Morgan fingerprint density at radius 1 is 0.407 bits per heavy atom. The predicted molar refractivity (Wildman–Crippen MR) is 224 cm³/mol. The second-order valence-electron chi connectivity index (χ2n) is 14.9. The number of furan rings is 2. The lowest BCUT2D eigenvalue weighted by Gasteiger charge is -2.29. The molecule has 0 amide bonds. The van der Waals surface area contributed by atoms with Crippen LogP contribution in [0.25, 0.3) is 77.3 Å². The second kappa shape index (κ2) is 11.6. The van der Waals surface area contributed by atoms with E-state index in [0.717, 1.165) is 66.5 Å². The molecule has 10 aromatic rings. The lowest BCUT2D eigenvalue weighted by atomic mass is 9.81. The Hall–Kier alpha value is -6.84. The second-order valence-corrected chi connectivity index (χ2v) is 14.9. The highest BCUT2D eigenvalue weighted by Gasteiger charge is 2.38. The lowest BCUT2D eigenvalue weighted by molar-refractivity contribution is 0.660. The molecule has 0 saturated carbocycles. The van der Waals surface area contributed by atoms with Gasteiger partial charge in [-0.1, -0.05) is 129 Å². The quantitative estimate of drug-likeness (QED) is 0.180. The van der Waals surface area contributed by atoms with Gasteiger partial charge in [-0.05, 0) is 99.1 Å². The summed E-state index contributed by atoms with van der Waals surface area (Å²) in [5, 5.41) is 4.36.